The van der Waals surface area contributed by atoms with Gasteiger partial charge in [0, 0.05) is 0 Å². The maximum absolute atomic E-state index is 12.8. The van der Waals surface area contributed by atoms with E-state index in [1.807, 2.05) is 6.08 Å². The SMILES string of the molecule is CCCCCCCC/C=C\C/C=C\C(O)CC(=O)NC(COP(=O)(O)OC1C(O)C(O)C(O)C(O)C1O)C(O)CCCCCCCCCCCC. The molecular weight excluding hydrogens is 681 g/mol. The zero-order valence-corrected chi connectivity index (χ0v) is 31.9. The molecule has 9 N–H and O–H groups in total. The average Bonchev–Trinajstić information content (AvgIpc) is 3.09. The van der Waals surface area contributed by atoms with Crippen LogP contribution in [0.3, 0.4) is 0 Å². The van der Waals surface area contributed by atoms with E-state index in [0.717, 1.165) is 38.5 Å². The summed E-state index contributed by atoms with van der Waals surface area (Å²) in [5, 5.41) is 73.9. The minimum absolute atomic E-state index is 0.255. The van der Waals surface area contributed by atoms with Crippen molar-refractivity contribution in [1.29, 1.82) is 0 Å². The lowest BCUT2D eigenvalue weighted by atomic mass is 9.85. The molecule has 1 aliphatic carbocycles. The summed E-state index contributed by atoms with van der Waals surface area (Å²) in [6.45, 7) is 3.67. The van der Waals surface area contributed by atoms with Gasteiger partial charge in [0.05, 0.1) is 31.3 Å². The number of rotatable bonds is 30. The molecule has 14 heteroatoms. The minimum Gasteiger partial charge on any atom is -0.391 e. The van der Waals surface area contributed by atoms with Gasteiger partial charge in [-0.25, -0.2) is 4.57 Å². The first kappa shape index (κ1) is 47.8. The highest BCUT2D eigenvalue weighted by atomic mass is 31.2. The third kappa shape index (κ3) is 21.3. The molecule has 1 fully saturated rings. The van der Waals surface area contributed by atoms with Crippen LogP contribution in [0.25, 0.3) is 0 Å². The second-order valence-electron chi connectivity index (χ2n) is 14.0. The highest BCUT2D eigenvalue weighted by molar-refractivity contribution is 7.47. The Hall–Kier alpha value is -1.22. The Morgan fingerprint density at radius 3 is 1.75 bits per heavy atom. The van der Waals surface area contributed by atoms with Gasteiger partial charge in [0.15, 0.2) is 0 Å². The fraction of sp³-hybridized carbons (Fsp3) is 0.865. The molecule has 1 amide bonds. The summed E-state index contributed by atoms with van der Waals surface area (Å²) in [5.41, 5.74) is 0. The van der Waals surface area contributed by atoms with Crippen LogP contribution >= 0.6 is 7.82 Å². The molecule has 1 rings (SSSR count). The molecule has 13 nitrogen and oxygen atoms in total. The van der Waals surface area contributed by atoms with Gasteiger partial charge in [0.2, 0.25) is 5.91 Å². The van der Waals surface area contributed by atoms with Crippen LogP contribution in [0.4, 0.5) is 0 Å². The summed E-state index contributed by atoms with van der Waals surface area (Å²) in [6.07, 6.45) is 12.9. The van der Waals surface area contributed by atoms with Crippen molar-refractivity contribution in [3.8, 4) is 0 Å². The number of hydrogen-bond donors (Lipinski definition) is 9. The average molecular weight is 752 g/mol. The number of carbonyl (C=O) groups excluding carboxylic acids is 1. The number of carbonyl (C=O) groups is 1. The van der Waals surface area contributed by atoms with Gasteiger partial charge in [-0.2, -0.15) is 0 Å². The van der Waals surface area contributed by atoms with Crippen molar-refractivity contribution in [3.05, 3.63) is 24.3 Å². The van der Waals surface area contributed by atoms with E-state index in [-0.39, 0.29) is 12.8 Å². The first-order chi connectivity index (χ1) is 24.3. The number of unbranched alkanes of at least 4 members (excludes halogenated alkanes) is 15. The zero-order chi connectivity index (χ0) is 38.1. The molecule has 0 heterocycles. The lowest BCUT2D eigenvalue weighted by Gasteiger charge is -2.41. The fourth-order valence-electron chi connectivity index (χ4n) is 6.07. The molecule has 0 bridgehead atoms. The topological polar surface area (TPSA) is 226 Å². The number of nitrogens with one attached hydrogen (secondary N) is 1. The lowest BCUT2D eigenvalue weighted by molar-refractivity contribution is -0.220. The largest absolute Gasteiger partial charge is 0.472 e. The van der Waals surface area contributed by atoms with E-state index in [1.54, 1.807) is 6.08 Å². The normalized spacial score (nSPS) is 25.6. The molecule has 0 spiro atoms. The molecule has 1 aliphatic rings. The monoisotopic (exact) mass is 751 g/mol. The van der Waals surface area contributed by atoms with E-state index in [9.17, 15) is 50.0 Å². The molecule has 300 valence electrons. The van der Waals surface area contributed by atoms with Gasteiger partial charge in [-0.15, -0.1) is 0 Å². The molecule has 0 aromatic heterocycles. The maximum Gasteiger partial charge on any atom is 0.472 e. The second-order valence-corrected chi connectivity index (χ2v) is 15.4. The number of aliphatic hydroxyl groups excluding tert-OH is 7. The third-order valence-corrected chi connectivity index (χ3v) is 10.3. The maximum atomic E-state index is 12.8. The first-order valence-electron chi connectivity index (χ1n) is 19.4. The van der Waals surface area contributed by atoms with E-state index in [4.69, 9.17) is 9.05 Å². The quantitative estimate of drug-likeness (QED) is 0.0282. The van der Waals surface area contributed by atoms with E-state index < -0.39 is 75.2 Å². The Kier molecular flexibility index (Phi) is 26.5. The van der Waals surface area contributed by atoms with Crippen molar-refractivity contribution < 1.29 is 59.0 Å². The summed E-state index contributed by atoms with van der Waals surface area (Å²) < 4.78 is 22.7. The van der Waals surface area contributed by atoms with Crippen molar-refractivity contribution in [1.82, 2.24) is 5.32 Å². The molecule has 0 radical (unpaired) electrons. The number of amides is 1. The Morgan fingerprint density at radius 2 is 1.20 bits per heavy atom. The zero-order valence-electron chi connectivity index (χ0n) is 31.0. The van der Waals surface area contributed by atoms with Crippen LogP contribution in [0.2, 0.25) is 0 Å². The smallest absolute Gasteiger partial charge is 0.391 e. The van der Waals surface area contributed by atoms with Crippen molar-refractivity contribution in [2.75, 3.05) is 6.61 Å². The van der Waals surface area contributed by atoms with Crippen molar-refractivity contribution in [2.24, 2.45) is 0 Å². The molecule has 8 unspecified atom stereocenters. The van der Waals surface area contributed by atoms with E-state index in [2.05, 4.69) is 25.2 Å². The number of hydrogen-bond acceptors (Lipinski definition) is 11. The van der Waals surface area contributed by atoms with Gasteiger partial charge in [0.1, 0.15) is 36.6 Å². The van der Waals surface area contributed by atoms with E-state index >= 15 is 0 Å². The number of allylic oxidation sites excluding steroid dienone is 3. The summed E-state index contributed by atoms with van der Waals surface area (Å²) in [7, 11) is -5.12. The lowest BCUT2D eigenvalue weighted by Crippen LogP contribution is -2.64. The third-order valence-electron chi connectivity index (χ3n) is 9.33. The highest BCUT2D eigenvalue weighted by Gasteiger charge is 2.51. The second kappa shape index (κ2) is 28.3. The predicted octanol–water partition coefficient (Wildman–Crippen LogP) is 4.47. The summed E-state index contributed by atoms with van der Waals surface area (Å²) >= 11 is 0. The standard InChI is InChI=1S/C37H70NO12P/c1-3-5-7-9-11-13-15-16-18-20-22-24-28(39)26-31(41)38-29(30(40)25-23-21-19-17-14-12-10-8-6-4-2)27-49-51(47,48)50-37-35(45)33(43)32(42)34(44)36(37)46/h16,18,22,24,28-30,32-37,39-40,42-46H,3-15,17,19-21,23,25-27H2,1-2H3,(H,38,41)(H,47,48)/b18-16-,24-22-. The van der Waals surface area contributed by atoms with Gasteiger partial charge in [-0.1, -0.05) is 134 Å². The van der Waals surface area contributed by atoms with Crippen LogP contribution in [-0.2, 0) is 18.4 Å². The molecule has 8 atom stereocenters. The van der Waals surface area contributed by atoms with Crippen LogP contribution in [0, 0.1) is 0 Å². The molecule has 0 aromatic rings. The molecule has 0 aliphatic heterocycles. The van der Waals surface area contributed by atoms with Crippen molar-refractivity contribution >= 4 is 13.7 Å². The predicted molar refractivity (Wildman–Crippen MR) is 197 cm³/mol. The number of aliphatic hydroxyl groups is 7. The summed E-state index contributed by atoms with van der Waals surface area (Å²) in [4.78, 5) is 23.2. The Balaban J connectivity index is 2.69. The molecule has 0 saturated heterocycles. The molecule has 51 heavy (non-hydrogen) atoms. The summed E-state index contributed by atoms with van der Waals surface area (Å²) in [5.74, 6) is -0.631. The number of phosphoric ester groups is 1. The molecular formula is C37H70NO12P. The minimum atomic E-state index is -5.12. The Labute approximate surface area is 305 Å². The summed E-state index contributed by atoms with van der Waals surface area (Å²) in [6, 6.07) is -1.18. The molecule has 1 saturated carbocycles. The van der Waals surface area contributed by atoms with Crippen molar-refractivity contribution in [2.45, 2.75) is 197 Å². The fourth-order valence-corrected chi connectivity index (χ4v) is 7.03. The van der Waals surface area contributed by atoms with Gasteiger partial charge >= 0.3 is 7.82 Å². The highest BCUT2D eigenvalue weighted by Crippen LogP contribution is 2.47. The van der Waals surface area contributed by atoms with Crippen LogP contribution in [0.1, 0.15) is 142 Å². The van der Waals surface area contributed by atoms with E-state index in [0.29, 0.717) is 12.8 Å². The Bertz CT molecular complexity index is 985. The molecule has 0 aromatic carbocycles. The Morgan fingerprint density at radius 1 is 0.706 bits per heavy atom. The van der Waals surface area contributed by atoms with Crippen LogP contribution in [0.5, 0.6) is 0 Å². The van der Waals surface area contributed by atoms with Crippen LogP contribution in [-0.4, -0.2) is 108 Å². The van der Waals surface area contributed by atoms with Gasteiger partial charge in [0.25, 0.3) is 0 Å². The van der Waals surface area contributed by atoms with Gasteiger partial charge in [-0.3, -0.25) is 13.8 Å². The first-order valence-corrected chi connectivity index (χ1v) is 20.9. The van der Waals surface area contributed by atoms with E-state index in [1.165, 1.54) is 70.3 Å². The van der Waals surface area contributed by atoms with Gasteiger partial charge in [-0.05, 0) is 25.7 Å². The number of phosphoric acid groups is 1. The van der Waals surface area contributed by atoms with Crippen LogP contribution in [0.15, 0.2) is 24.3 Å². The van der Waals surface area contributed by atoms with Crippen LogP contribution < -0.4 is 5.32 Å². The van der Waals surface area contributed by atoms with Gasteiger partial charge < -0.3 is 46.0 Å². The van der Waals surface area contributed by atoms with Crippen molar-refractivity contribution in [3.63, 3.8) is 0 Å².